The Hall–Kier alpha value is -1.62. The normalized spacial score (nSPS) is 26.2. The van der Waals surface area contributed by atoms with Gasteiger partial charge in [0.1, 0.15) is 0 Å². The first-order chi connectivity index (χ1) is 9.39. The molecule has 0 unspecified atom stereocenters. The van der Waals surface area contributed by atoms with E-state index in [1.807, 2.05) is 6.92 Å². The lowest BCUT2D eigenvalue weighted by molar-refractivity contribution is -0.384. The fourth-order valence-corrected chi connectivity index (χ4v) is 2.70. The topological polar surface area (TPSA) is 75.4 Å². The lowest BCUT2D eigenvalue weighted by atomic mass is 9.79. The van der Waals surface area contributed by atoms with Gasteiger partial charge >= 0.3 is 0 Å². The number of aryl methyl sites for hydroxylation is 1. The Balaban J connectivity index is 1.99. The van der Waals surface area contributed by atoms with Crippen molar-refractivity contribution in [1.82, 2.24) is 0 Å². The van der Waals surface area contributed by atoms with E-state index in [4.69, 9.17) is 0 Å². The Kier molecular flexibility index (Phi) is 4.28. The standard InChI is InChI=1S/C15H22N2O3/c1-11-5-7-15(18,8-6-11)10-16-14-4-3-13(17(19)20)9-12(14)2/h3-4,9,11,16,18H,5-8,10H2,1-2H3. The first-order valence-electron chi connectivity index (χ1n) is 7.11. The number of nitrogens with one attached hydrogen (secondary N) is 1. The van der Waals surface area contributed by atoms with E-state index in [-0.39, 0.29) is 5.69 Å². The van der Waals surface area contributed by atoms with Crippen molar-refractivity contribution >= 4 is 11.4 Å². The van der Waals surface area contributed by atoms with Crippen LogP contribution in [0, 0.1) is 23.0 Å². The number of anilines is 1. The average molecular weight is 278 g/mol. The molecule has 1 saturated carbocycles. The highest BCUT2D eigenvalue weighted by Crippen LogP contribution is 2.32. The Morgan fingerprint density at radius 2 is 2.10 bits per heavy atom. The molecule has 0 aliphatic heterocycles. The number of aliphatic hydroxyl groups is 1. The van der Waals surface area contributed by atoms with Crippen molar-refractivity contribution in [2.75, 3.05) is 11.9 Å². The van der Waals surface area contributed by atoms with E-state index in [9.17, 15) is 15.2 Å². The number of rotatable bonds is 4. The molecule has 0 spiro atoms. The van der Waals surface area contributed by atoms with Crippen LogP contribution in [0.2, 0.25) is 0 Å². The molecule has 1 aliphatic carbocycles. The van der Waals surface area contributed by atoms with E-state index < -0.39 is 10.5 Å². The molecule has 0 radical (unpaired) electrons. The van der Waals surface area contributed by atoms with Gasteiger partial charge < -0.3 is 10.4 Å². The molecule has 2 rings (SSSR count). The summed E-state index contributed by atoms with van der Waals surface area (Å²) in [6.07, 6.45) is 3.73. The summed E-state index contributed by atoms with van der Waals surface area (Å²) in [5, 5.41) is 24.4. The molecule has 0 heterocycles. The maximum Gasteiger partial charge on any atom is 0.269 e. The summed E-state index contributed by atoms with van der Waals surface area (Å²) in [6, 6.07) is 4.75. The maximum atomic E-state index is 10.7. The van der Waals surface area contributed by atoms with Crippen molar-refractivity contribution in [2.45, 2.75) is 45.1 Å². The molecule has 0 bridgehead atoms. The zero-order chi connectivity index (χ0) is 14.8. The molecule has 1 aliphatic rings. The Labute approximate surface area is 119 Å². The molecule has 0 aromatic heterocycles. The predicted octanol–water partition coefficient (Wildman–Crippen LogP) is 3.26. The van der Waals surface area contributed by atoms with E-state index in [0.717, 1.165) is 36.9 Å². The molecule has 5 nitrogen and oxygen atoms in total. The molecule has 1 aromatic carbocycles. The van der Waals surface area contributed by atoms with Crippen molar-refractivity contribution in [3.05, 3.63) is 33.9 Å². The predicted molar refractivity (Wildman–Crippen MR) is 78.9 cm³/mol. The van der Waals surface area contributed by atoms with E-state index in [0.29, 0.717) is 12.5 Å². The number of hydrogen-bond acceptors (Lipinski definition) is 4. The second-order valence-electron chi connectivity index (χ2n) is 6.02. The molecule has 2 N–H and O–H groups in total. The van der Waals surface area contributed by atoms with E-state index in [2.05, 4.69) is 12.2 Å². The summed E-state index contributed by atoms with van der Waals surface area (Å²) >= 11 is 0. The highest BCUT2D eigenvalue weighted by molar-refractivity contribution is 5.55. The van der Waals surface area contributed by atoms with Crippen LogP contribution >= 0.6 is 0 Å². The average Bonchev–Trinajstić information content (AvgIpc) is 2.41. The fraction of sp³-hybridized carbons (Fsp3) is 0.600. The lowest BCUT2D eigenvalue weighted by Crippen LogP contribution is -2.40. The van der Waals surface area contributed by atoms with Crippen LogP contribution in [0.4, 0.5) is 11.4 Å². The Bertz CT molecular complexity index is 494. The molecular weight excluding hydrogens is 256 g/mol. The van der Waals surface area contributed by atoms with Crippen molar-refractivity contribution in [2.24, 2.45) is 5.92 Å². The second kappa shape index (κ2) is 5.79. The summed E-state index contributed by atoms with van der Waals surface area (Å²) < 4.78 is 0. The maximum absolute atomic E-state index is 10.7. The minimum absolute atomic E-state index is 0.0956. The lowest BCUT2D eigenvalue weighted by Gasteiger charge is -2.35. The van der Waals surface area contributed by atoms with E-state index in [1.54, 1.807) is 12.1 Å². The second-order valence-corrected chi connectivity index (χ2v) is 6.02. The van der Waals surface area contributed by atoms with Crippen LogP contribution in [-0.4, -0.2) is 22.2 Å². The summed E-state index contributed by atoms with van der Waals surface area (Å²) in [5.41, 5.74) is 1.12. The highest BCUT2D eigenvalue weighted by atomic mass is 16.6. The van der Waals surface area contributed by atoms with Gasteiger partial charge in [0.2, 0.25) is 0 Å². The zero-order valence-corrected chi connectivity index (χ0v) is 12.1. The quantitative estimate of drug-likeness (QED) is 0.654. The third kappa shape index (κ3) is 3.48. The van der Waals surface area contributed by atoms with E-state index >= 15 is 0 Å². The van der Waals surface area contributed by atoms with E-state index in [1.165, 1.54) is 6.07 Å². The molecular formula is C15H22N2O3. The SMILES string of the molecule is Cc1cc([N+](=O)[O-])ccc1NCC1(O)CCC(C)CC1. The molecule has 1 fully saturated rings. The minimum Gasteiger partial charge on any atom is -0.388 e. The molecule has 1 aromatic rings. The molecule has 110 valence electrons. The van der Waals surface area contributed by atoms with Gasteiger partial charge in [-0.15, -0.1) is 0 Å². The van der Waals surface area contributed by atoms with Gasteiger partial charge in [0, 0.05) is 24.4 Å². The van der Waals surface area contributed by atoms with Crippen LogP contribution in [0.3, 0.4) is 0 Å². The van der Waals surface area contributed by atoms with Gasteiger partial charge in [-0.3, -0.25) is 10.1 Å². The van der Waals surface area contributed by atoms with Crippen LogP contribution in [0.5, 0.6) is 0 Å². The van der Waals surface area contributed by atoms with Crippen LogP contribution in [0.15, 0.2) is 18.2 Å². The third-order valence-electron chi connectivity index (χ3n) is 4.23. The van der Waals surface area contributed by atoms with Crippen molar-refractivity contribution < 1.29 is 10.0 Å². The number of nitrogens with zero attached hydrogens (tertiary/aromatic N) is 1. The number of non-ortho nitro benzene ring substituents is 1. The van der Waals surface area contributed by atoms with Crippen LogP contribution in [0.1, 0.15) is 38.2 Å². The monoisotopic (exact) mass is 278 g/mol. The third-order valence-corrected chi connectivity index (χ3v) is 4.23. The van der Waals surface area contributed by atoms with Crippen LogP contribution in [0.25, 0.3) is 0 Å². The van der Waals surface area contributed by atoms with Crippen LogP contribution < -0.4 is 5.32 Å². The zero-order valence-electron chi connectivity index (χ0n) is 12.1. The summed E-state index contributed by atoms with van der Waals surface area (Å²) in [6.45, 7) is 4.55. The summed E-state index contributed by atoms with van der Waals surface area (Å²) in [5.74, 6) is 0.691. The van der Waals surface area contributed by atoms with Crippen molar-refractivity contribution in [1.29, 1.82) is 0 Å². The Morgan fingerprint density at radius 1 is 1.45 bits per heavy atom. The molecule has 20 heavy (non-hydrogen) atoms. The van der Waals surface area contributed by atoms with Gasteiger partial charge in [-0.05, 0) is 50.2 Å². The van der Waals surface area contributed by atoms with Crippen LogP contribution in [-0.2, 0) is 0 Å². The number of benzene rings is 1. The van der Waals surface area contributed by atoms with Gasteiger partial charge in [-0.25, -0.2) is 0 Å². The van der Waals surface area contributed by atoms with Gasteiger partial charge in [0.05, 0.1) is 10.5 Å². The smallest absolute Gasteiger partial charge is 0.269 e. The number of hydrogen-bond donors (Lipinski definition) is 2. The van der Waals surface area contributed by atoms with Gasteiger partial charge in [-0.1, -0.05) is 6.92 Å². The van der Waals surface area contributed by atoms with Crippen molar-refractivity contribution in [3.8, 4) is 0 Å². The first kappa shape index (κ1) is 14.8. The molecule has 0 amide bonds. The molecule has 0 atom stereocenters. The Morgan fingerprint density at radius 3 is 2.65 bits per heavy atom. The molecule has 0 saturated heterocycles. The fourth-order valence-electron chi connectivity index (χ4n) is 2.70. The van der Waals surface area contributed by atoms with Gasteiger partial charge in [0.15, 0.2) is 0 Å². The largest absolute Gasteiger partial charge is 0.388 e. The number of nitro benzene ring substituents is 1. The first-order valence-corrected chi connectivity index (χ1v) is 7.11. The summed E-state index contributed by atoms with van der Waals surface area (Å²) in [7, 11) is 0. The molecule has 5 heteroatoms. The minimum atomic E-state index is -0.652. The van der Waals surface area contributed by atoms with Gasteiger partial charge in [-0.2, -0.15) is 0 Å². The van der Waals surface area contributed by atoms with Gasteiger partial charge in [0.25, 0.3) is 5.69 Å². The number of nitro groups is 1. The summed E-state index contributed by atoms with van der Waals surface area (Å²) in [4.78, 5) is 10.3. The van der Waals surface area contributed by atoms with Crippen molar-refractivity contribution in [3.63, 3.8) is 0 Å². The highest BCUT2D eigenvalue weighted by Gasteiger charge is 2.31.